The molecule has 4 amide bonds. The third-order valence-electron chi connectivity index (χ3n) is 8.70. The summed E-state index contributed by atoms with van der Waals surface area (Å²) < 4.78 is 1.66. The zero-order valence-electron chi connectivity index (χ0n) is 30.9. The Labute approximate surface area is 325 Å². The Morgan fingerprint density at radius 1 is 0.833 bits per heavy atom. The molecule has 3 rings (SSSR count). The van der Waals surface area contributed by atoms with Gasteiger partial charge in [0.15, 0.2) is 5.96 Å². The number of guanidine groups is 1. The number of amides is 4. The van der Waals surface area contributed by atoms with Crippen molar-refractivity contribution in [3.63, 3.8) is 0 Å². The van der Waals surface area contributed by atoms with Crippen LogP contribution in [0.4, 0.5) is 0 Å². The van der Waals surface area contributed by atoms with Gasteiger partial charge < -0.3 is 42.4 Å². The number of rotatable bonds is 20. The van der Waals surface area contributed by atoms with Crippen molar-refractivity contribution in [2.45, 2.75) is 84.0 Å². The smallest absolute Gasteiger partial charge is 0.326 e. The largest absolute Gasteiger partial charge is 0.480 e. The lowest BCUT2D eigenvalue weighted by molar-refractivity contribution is -0.142. The van der Waals surface area contributed by atoms with Crippen molar-refractivity contribution in [3.8, 4) is 5.69 Å². The quantitative estimate of drug-likeness (QED) is 0.0506. The number of hydrogen-bond acceptors (Lipinski definition) is 6. The lowest BCUT2D eigenvalue weighted by atomic mass is 9.96. The van der Waals surface area contributed by atoms with Gasteiger partial charge in [0.25, 0.3) is 5.91 Å². The van der Waals surface area contributed by atoms with E-state index in [4.69, 9.17) is 34.7 Å². The van der Waals surface area contributed by atoms with Crippen LogP contribution >= 0.6 is 23.2 Å². The van der Waals surface area contributed by atoms with Gasteiger partial charge >= 0.3 is 5.97 Å². The summed E-state index contributed by atoms with van der Waals surface area (Å²) in [5.41, 5.74) is 12.5. The van der Waals surface area contributed by atoms with Crippen LogP contribution in [0, 0.1) is 11.8 Å². The molecule has 0 saturated heterocycles. The second-order valence-corrected chi connectivity index (χ2v) is 14.4. The van der Waals surface area contributed by atoms with Gasteiger partial charge in [0.1, 0.15) is 24.2 Å². The summed E-state index contributed by atoms with van der Waals surface area (Å²) in [7, 11) is 0. The van der Waals surface area contributed by atoms with Crippen LogP contribution in [-0.2, 0) is 25.6 Å². The molecular formula is C38H50Cl2N8O6. The summed E-state index contributed by atoms with van der Waals surface area (Å²) in [6, 6.07) is 10.9. The average Bonchev–Trinajstić information content (AvgIpc) is 3.61. The third-order valence-corrected chi connectivity index (χ3v) is 9.13. The summed E-state index contributed by atoms with van der Waals surface area (Å²) in [5.74, 6) is -4.25. The highest BCUT2D eigenvalue weighted by Crippen LogP contribution is 2.22. The Morgan fingerprint density at radius 3 is 2.06 bits per heavy atom. The van der Waals surface area contributed by atoms with Gasteiger partial charge in [-0.1, -0.05) is 87.6 Å². The molecule has 1 aromatic heterocycles. The molecule has 3 aromatic rings. The molecule has 0 bridgehead atoms. The van der Waals surface area contributed by atoms with Gasteiger partial charge in [0.05, 0.1) is 5.56 Å². The van der Waals surface area contributed by atoms with E-state index in [-0.39, 0.29) is 49.2 Å². The first-order valence-corrected chi connectivity index (χ1v) is 18.5. The van der Waals surface area contributed by atoms with E-state index in [1.165, 1.54) is 0 Å². The highest BCUT2D eigenvalue weighted by molar-refractivity contribution is 6.34. The zero-order chi connectivity index (χ0) is 39.9. The number of aromatic nitrogens is 1. The van der Waals surface area contributed by atoms with Crippen LogP contribution in [0.3, 0.4) is 0 Å². The summed E-state index contributed by atoms with van der Waals surface area (Å²) in [4.78, 5) is 70.9. The number of nitrogens with one attached hydrogen (secondary N) is 4. The van der Waals surface area contributed by atoms with Crippen molar-refractivity contribution < 1.29 is 29.1 Å². The van der Waals surface area contributed by atoms with Crippen LogP contribution < -0.4 is 32.7 Å². The number of nitrogens with two attached hydrogens (primary N) is 2. The van der Waals surface area contributed by atoms with E-state index in [0.717, 1.165) is 5.56 Å². The minimum Gasteiger partial charge on any atom is -0.480 e. The average molecular weight is 786 g/mol. The molecule has 5 atom stereocenters. The van der Waals surface area contributed by atoms with Gasteiger partial charge in [-0.05, 0) is 60.9 Å². The maximum atomic E-state index is 13.9. The second kappa shape index (κ2) is 21.0. The fraction of sp³-hybridized carbons (Fsp3) is 0.421. The fourth-order valence-electron chi connectivity index (χ4n) is 5.64. The Kier molecular flexibility index (Phi) is 16.8. The van der Waals surface area contributed by atoms with Gasteiger partial charge in [0.2, 0.25) is 17.7 Å². The number of hydrogen-bond donors (Lipinski definition) is 7. The van der Waals surface area contributed by atoms with E-state index in [0.29, 0.717) is 28.6 Å². The highest BCUT2D eigenvalue weighted by Gasteiger charge is 2.34. The van der Waals surface area contributed by atoms with Gasteiger partial charge in [-0.15, -0.1) is 0 Å². The van der Waals surface area contributed by atoms with Crippen LogP contribution in [0.5, 0.6) is 0 Å². The molecule has 16 heteroatoms. The van der Waals surface area contributed by atoms with Crippen molar-refractivity contribution in [3.05, 3.63) is 88.2 Å². The molecule has 1 heterocycles. The third kappa shape index (κ3) is 13.7. The maximum Gasteiger partial charge on any atom is 0.326 e. The maximum absolute atomic E-state index is 13.9. The number of carbonyl (C=O) groups is 5. The van der Waals surface area contributed by atoms with Gasteiger partial charge in [-0.25, -0.2) is 4.79 Å². The van der Waals surface area contributed by atoms with E-state index in [1.807, 2.05) is 20.8 Å². The minimum absolute atomic E-state index is 0.0467. The van der Waals surface area contributed by atoms with Crippen LogP contribution in [0.1, 0.15) is 69.3 Å². The van der Waals surface area contributed by atoms with Gasteiger partial charge in [0, 0.05) is 41.1 Å². The number of carboxylic acid groups (broad SMARTS) is 1. The van der Waals surface area contributed by atoms with E-state index in [1.54, 1.807) is 78.5 Å². The predicted molar refractivity (Wildman–Crippen MR) is 209 cm³/mol. The van der Waals surface area contributed by atoms with Crippen molar-refractivity contribution >= 4 is 58.8 Å². The molecule has 292 valence electrons. The van der Waals surface area contributed by atoms with E-state index >= 15 is 0 Å². The summed E-state index contributed by atoms with van der Waals surface area (Å²) in [5, 5.41) is 21.6. The molecule has 2 aromatic carbocycles. The SMILES string of the molecule is CC[C@H](C)[C@H](NC(=O)[C@H](CC(C)C)NC(=O)[C@H](CCCN=C(N)N)NC(=O)c1ccn(-c2cc(Cl)cc(Cl)c2)c1)C(=O)N[C@@H](Cc1ccccc1)C(=O)O. The van der Waals surface area contributed by atoms with Crippen LogP contribution in [0.2, 0.25) is 10.0 Å². The number of nitrogens with zero attached hydrogens (tertiary/aromatic N) is 2. The molecule has 14 nitrogen and oxygen atoms in total. The Balaban J connectivity index is 1.80. The first-order valence-electron chi connectivity index (χ1n) is 17.8. The van der Waals surface area contributed by atoms with Crippen molar-refractivity contribution in [2.24, 2.45) is 28.3 Å². The highest BCUT2D eigenvalue weighted by atomic mass is 35.5. The molecule has 9 N–H and O–H groups in total. The minimum atomic E-state index is -1.24. The summed E-state index contributed by atoms with van der Waals surface area (Å²) in [6.45, 7) is 7.55. The first kappa shape index (κ1) is 43.3. The first-order chi connectivity index (χ1) is 25.6. The molecule has 0 unspecified atom stereocenters. The molecule has 0 fully saturated rings. The van der Waals surface area contributed by atoms with Crippen LogP contribution in [0.15, 0.2) is 72.0 Å². The molecule has 0 aliphatic heterocycles. The Hall–Kier alpha value is -5.08. The van der Waals surface area contributed by atoms with Crippen molar-refractivity contribution in [1.29, 1.82) is 0 Å². The Morgan fingerprint density at radius 2 is 1.46 bits per heavy atom. The zero-order valence-corrected chi connectivity index (χ0v) is 32.4. The molecule has 0 spiro atoms. The van der Waals surface area contributed by atoms with Crippen LogP contribution in [0.25, 0.3) is 5.69 Å². The van der Waals surface area contributed by atoms with E-state index in [9.17, 15) is 29.1 Å². The van der Waals surface area contributed by atoms with Crippen molar-refractivity contribution in [1.82, 2.24) is 25.8 Å². The number of aliphatic imine (C=N–C) groups is 1. The van der Waals surface area contributed by atoms with Gasteiger partial charge in [-0.2, -0.15) is 0 Å². The lowest BCUT2D eigenvalue weighted by Gasteiger charge is -2.29. The molecular weight excluding hydrogens is 735 g/mol. The number of halogens is 2. The second-order valence-electron chi connectivity index (χ2n) is 13.6. The topological polar surface area (TPSA) is 223 Å². The number of benzene rings is 2. The number of aliphatic carboxylic acids is 1. The molecule has 54 heavy (non-hydrogen) atoms. The van der Waals surface area contributed by atoms with Gasteiger partial charge in [-0.3, -0.25) is 24.2 Å². The molecule has 0 radical (unpaired) electrons. The number of carboxylic acids is 1. The monoisotopic (exact) mass is 784 g/mol. The molecule has 0 aliphatic rings. The molecule has 0 saturated carbocycles. The predicted octanol–water partition coefficient (Wildman–Crippen LogP) is 3.81. The number of carbonyl (C=O) groups excluding carboxylic acids is 4. The van der Waals surface area contributed by atoms with Crippen LogP contribution in [-0.4, -0.2) is 75.9 Å². The molecule has 0 aliphatic carbocycles. The summed E-state index contributed by atoms with van der Waals surface area (Å²) >= 11 is 12.3. The fourth-order valence-corrected chi connectivity index (χ4v) is 6.15. The summed E-state index contributed by atoms with van der Waals surface area (Å²) in [6.07, 6.45) is 4.41. The lowest BCUT2D eigenvalue weighted by Crippen LogP contribution is -2.59. The Bertz CT molecular complexity index is 1760. The van der Waals surface area contributed by atoms with E-state index in [2.05, 4.69) is 26.3 Å². The normalized spacial score (nSPS) is 13.8. The van der Waals surface area contributed by atoms with Crippen molar-refractivity contribution in [2.75, 3.05) is 6.54 Å². The standard InChI is InChI=1S/C38H50Cl2N8O6/c1-5-23(4)32(36(52)46-31(37(53)54)17-24-10-7-6-8-11-24)47-35(51)30(16-22(2)3)45-34(50)29(12-9-14-43-38(41)42)44-33(49)25-13-15-48(21-25)28-19-26(39)18-27(40)20-28/h6-8,10-11,13,15,18-23,29-32H,5,9,12,14,16-17H2,1-4H3,(H,44,49)(H,45,50)(H,46,52)(H,47,51)(H,53,54)(H4,41,42,43)/t23-,29-,30-,31-,32-/m0/s1. The van der Waals surface area contributed by atoms with E-state index < -0.39 is 53.8 Å².